The number of rotatable bonds is 7. The first-order valence-electron chi connectivity index (χ1n) is 11.2. The number of nitrogens with one attached hydrogen (secondary N) is 3. The molecule has 3 N–H and O–H groups in total. The number of carbonyl (C=O) groups excluding carboxylic acids is 2. The van der Waals surface area contributed by atoms with E-state index in [4.69, 9.17) is 0 Å². The van der Waals surface area contributed by atoms with Crippen LogP contribution in [-0.2, 0) is 11.3 Å². The molecule has 172 valence electrons. The van der Waals surface area contributed by atoms with Gasteiger partial charge in [-0.1, -0.05) is 31.9 Å². The normalized spacial score (nSPS) is 19.1. The third-order valence-corrected chi connectivity index (χ3v) is 5.95. The zero-order valence-electron chi connectivity index (χ0n) is 18.7. The summed E-state index contributed by atoms with van der Waals surface area (Å²) in [6, 6.07) is 7.85. The van der Waals surface area contributed by atoms with E-state index in [-0.39, 0.29) is 41.8 Å². The Hall–Kier alpha value is -1.84. The molecule has 8 heteroatoms. The predicted octanol–water partition coefficient (Wildman–Crippen LogP) is 2.90. The van der Waals surface area contributed by atoms with Crippen molar-refractivity contribution >= 4 is 41.8 Å². The fourth-order valence-corrected chi connectivity index (χ4v) is 4.25. The van der Waals surface area contributed by atoms with E-state index in [2.05, 4.69) is 20.9 Å². The molecule has 0 spiro atoms. The van der Waals surface area contributed by atoms with Gasteiger partial charge in [0.05, 0.1) is 0 Å². The van der Waals surface area contributed by atoms with Gasteiger partial charge in [0.15, 0.2) is 5.96 Å². The van der Waals surface area contributed by atoms with Gasteiger partial charge in [0.25, 0.3) is 5.91 Å². The van der Waals surface area contributed by atoms with Crippen LogP contribution in [0.15, 0.2) is 29.3 Å². The van der Waals surface area contributed by atoms with Gasteiger partial charge in [-0.15, -0.1) is 24.0 Å². The number of benzene rings is 1. The molecule has 1 saturated carbocycles. The van der Waals surface area contributed by atoms with Gasteiger partial charge >= 0.3 is 0 Å². The van der Waals surface area contributed by atoms with E-state index >= 15 is 0 Å². The van der Waals surface area contributed by atoms with Gasteiger partial charge in [-0.05, 0) is 43.4 Å². The molecule has 2 amide bonds. The highest BCUT2D eigenvalue weighted by Gasteiger charge is 2.32. The van der Waals surface area contributed by atoms with Gasteiger partial charge in [0.2, 0.25) is 5.91 Å². The quantitative estimate of drug-likeness (QED) is 0.282. The fourth-order valence-electron chi connectivity index (χ4n) is 4.25. The molecule has 1 atom stereocenters. The van der Waals surface area contributed by atoms with Gasteiger partial charge in [0.1, 0.15) is 0 Å². The lowest BCUT2D eigenvalue weighted by Gasteiger charge is -2.21. The second kappa shape index (κ2) is 12.9. The molecule has 1 aromatic carbocycles. The van der Waals surface area contributed by atoms with E-state index in [9.17, 15) is 9.59 Å². The van der Waals surface area contributed by atoms with Crippen LogP contribution < -0.4 is 16.0 Å². The zero-order valence-corrected chi connectivity index (χ0v) is 21.0. The highest BCUT2D eigenvalue weighted by Crippen LogP contribution is 2.27. The van der Waals surface area contributed by atoms with E-state index in [1.54, 1.807) is 7.05 Å². The van der Waals surface area contributed by atoms with Crippen molar-refractivity contribution in [1.29, 1.82) is 0 Å². The lowest BCUT2D eigenvalue weighted by molar-refractivity contribution is -0.134. The van der Waals surface area contributed by atoms with Gasteiger partial charge in [-0.3, -0.25) is 14.6 Å². The van der Waals surface area contributed by atoms with E-state index in [0.717, 1.165) is 50.3 Å². The Labute approximate surface area is 202 Å². The lowest BCUT2D eigenvalue weighted by Crippen LogP contribution is -2.45. The van der Waals surface area contributed by atoms with E-state index < -0.39 is 0 Å². The molecule has 1 aromatic rings. The van der Waals surface area contributed by atoms with Crippen molar-refractivity contribution in [1.82, 2.24) is 20.9 Å². The Morgan fingerprint density at radius 1 is 1.16 bits per heavy atom. The number of likely N-dealkylation sites (tertiary alicyclic amines) is 1. The summed E-state index contributed by atoms with van der Waals surface area (Å²) in [5, 5.41) is 9.67. The van der Waals surface area contributed by atoms with Crippen LogP contribution in [0.25, 0.3) is 0 Å². The first-order chi connectivity index (χ1) is 14.6. The maximum Gasteiger partial charge on any atom is 0.251 e. The number of hydrogen-bond donors (Lipinski definition) is 3. The molecule has 0 radical (unpaired) electrons. The first kappa shape index (κ1) is 25.4. The summed E-state index contributed by atoms with van der Waals surface area (Å²) in [5.41, 5.74) is 1.69. The summed E-state index contributed by atoms with van der Waals surface area (Å²) < 4.78 is 0. The third-order valence-electron chi connectivity index (χ3n) is 5.95. The number of hydrogen-bond acceptors (Lipinski definition) is 3. The second-order valence-corrected chi connectivity index (χ2v) is 8.28. The van der Waals surface area contributed by atoms with Gasteiger partial charge in [0, 0.05) is 50.7 Å². The highest BCUT2D eigenvalue weighted by atomic mass is 127. The number of nitrogens with zero attached hydrogens (tertiary/aromatic N) is 2. The molecule has 31 heavy (non-hydrogen) atoms. The van der Waals surface area contributed by atoms with Crippen molar-refractivity contribution in [2.45, 2.75) is 58.0 Å². The molecule has 0 aromatic heterocycles. The minimum atomic E-state index is -0.0424. The maximum absolute atomic E-state index is 12.6. The van der Waals surface area contributed by atoms with Crippen LogP contribution in [0.2, 0.25) is 0 Å². The third kappa shape index (κ3) is 7.36. The Morgan fingerprint density at radius 2 is 1.94 bits per heavy atom. The predicted molar refractivity (Wildman–Crippen MR) is 135 cm³/mol. The number of guanidine groups is 1. The van der Waals surface area contributed by atoms with Crippen LogP contribution in [-0.4, -0.2) is 55.4 Å². The van der Waals surface area contributed by atoms with Crippen LogP contribution in [0, 0.1) is 5.92 Å². The summed E-state index contributed by atoms with van der Waals surface area (Å²) >= 11 is 0. The highest BCUT2D eigenvalue weighted by molar-refractivity contribution is 14.0. The molecule has 2 fully saturated rings. The van der Waals surface area contributed by atoms with Crippen molar-refractivity contribution in [3.63, 3.8) is 0 Å². The molecule has 1 aliphatic carbocycles. The largest absolute Gasteiger partial charge is 0.352 e. The molecular weight excluding hydrogens is 505 g/mol. The topological polar surface area (TPSA) is 85.8 Å². The molecule has 1 heterocycles. The number of halogens is 1. The molecule has 0 bridgehead atoms. The molecule has 3 rings (SSSR count). The minimum Gasteiger partial charge on any atom is -0.352 e. The zero-order chi connectivity index (χ0) is 21.3. The SMILES string of the molecule is CCCNC(=O)c1cccc(CNC(=NC)NC2CCN(C(=O)C3CCCC3)C2)c1.I. The van der Waals surface area contributed by atoms with E-state index in [1.165, 1.54) is 12.8 Å². The van der Waals surface area contributed by atoms with Gasteiger partial charge < -0.3 is 20.9 Å². The van der Waals surface area contributed by atoms with Crippen molar-refractivity contribution in [3.05, 3.63) is 35.4 Å². The monoisotopic (exact) mass is 541 g/mol. The molecule has 1 unspecified atom stereocenters. The Kier molecular flexibility index (Phi) is 10.6. The molecule has 7 nitrogen and oxygen atoms in total. The molecular formula is C23H36IN5O2. The number of carbonyl (C=O) groups is 2. The average Bonchev–Trinajstić information content (AvgIpc) is 3.47. The smallest absolute Gasteiger partial charge is 0.251 e. The van der Waals surface area contributed by atoms with Crippen molar-refractivity contribution < 1.29 is 9.59 Å². The van der Waals surface area contributed by atoms with Crippen LogP contribution in [0.3, 0.4) is 0 Å². The number of amides is 2. The second-order valence-electron chi connectivity index (χ2n) is 8.28. The first-order valence-corrected chi connectivity index (χ1v) is 11.2. The molecule has 1 saturated heterocycles. The Morgan fingerprint density at radius 3 is 2.65 bits per heavy atom. The summed E-state index contributed by atoms with van der Waals surface area (Å²) in [4.78, 5) is 31.1. The molecule has 1 aliphatic heterocycles. The summed E-state index contributed by atoms with van der Waals surface area (Å²) in [6.45, 7) is 4.85. The number of aliphatic imine (C=N–C) groups is 1. The van der Waals surface area contributed by atoms with E-state index in [1.807, 2.05) is 36.1 Å². The van der Waals surface area contributed by atoms with Crippen molar-refractivity contribution in [2.75, 3.05) is 26.7 Å². The van der Waals surface area contributed by atoms with Crippen molar-refractivity contribution in [2.24, 2.45) is 10.9 Å². The van der Waals surface area contributed by atoms with Crippen LogP contribution >= 0.6 is 24.0 Å². The van der Waals surface area contributed by atoms with Crippen LogP contribution in [0.5, 0.6) is 0 Å². The summed E-state index contributed by atoms with van der Waals surface area (Å²) in [5.74, 6) is 1.25. The average molecular weight is 541 g/mol. The van der Waals surface area contributed by atoms with Gasteiger partial charge in [-0.25, -0.2) is 0 Å². The maximum atomic E-state index is 12.6. The molecule has 2 aliphatic rings. The Balaban J connectivity index is 0.00000341. The van der Waals surface area contributed by atoms with Gasteiger partial charge in [-0.2, -0.15) is 0 Å². The van der Waals surface area contributed by atoms with Crippen LogP contribution in [0.1, 0.15) is 61.4 Å². The van der Waals surface area contributed by atoms with Crippen LogP contribution in [0.4, 0.5) is 0 Å². The summed E-state index contributed by atoms with van der Waals surface area (Å²) in [6.07, 6.45) is 6.32. The van der Waals surface area contributed by atoms with E-state index in [0.29, 0.717) is 24.6 Å². The van der Waals surface area contributed by atoms with Crippen molar-refractivity contribution in [3.8, 4) is 0 Å². The standard InChI is InChI=1S/C23H35N5O2.HI/c1-3-12-25-21(29)19-10-6-7-17(14-19)15-26-23(24-2)27-20-11-13-28(16-20)22(30)18-8-4-5-9-18;/h6-7,10,14,18,20H,3-5,8-9,11-13,15-16H2,1-2H3,(H,25,29)(H2,24,26,27);1H. The Bertz CT molecular complexity index is 764. The lowest BCUT2D eigenvalue weighted by atomic mass is 10.1. The summed E-state index contributed by atoms with van der Waals surface area (Å²) in [7, 11) is 1.75. The fraction of sp³-hybridized carbons (Fsp3) is 0.609. The minimum absolute atomic E-state index is 0.